The van der Waals surface area contributed by atoms with Crippen molar-refractivity contribution in [3.05, 3.63) is 0 Å². The minimum absolute atomic E-state index is 0.0699. The minimum Gasteiger partial charge on any atom is -0.460 e. The minimum atomic E-state index is -0.319. The number of ether oxygens (including phenoxy) is 1. The summed E-state index contributed by atoms with van der Waals surface area (Å²) in [4.78, 5) is 10.4. The van der Waals surface area contributed by atoms with Crippen LogP contribution in [0.4, 0.5) is 0 Å². The third-order valence-electron chi connectivity index (χ3n) is 1.42. The Hall–Kier alpha value is -0.570. The van der Waals surface area contributed by atoms with Gasteiger partial charge in [-0.15, -0.1) is 0 Å². The molecule has 0 aromatic rings. The molecule has 3 nitrogen and oxygen atoms in total. The van der Waals surface area contributed by atoms with Crippen LogP contribution in [0.15, 0.2) is 0 Å². The summed E-state index contributed by atoms with van der Waals surface area (Å²) in [6.45, 7) is 3.34. The van der Waals surface area contributed by atoms with Gasteiger partial charge in [-0.3, -0.25) is 4.79 Å². The summed E-state index contributed by atoms with van der Waals surface area (Å²) in [5, 5.41) is 8.72. The topological polar surface area (TPSA) is 46.5 Å². The largest absolute Gasteiger partial charge is 0.460 e. The van der Waals surface area contributed by atoms with Crippen LogP contribution in [0, 0.1) is 0 Å². The molecule has 66 valence electrons. The molecule has 0 radical (unpaired) electrons. The lowest BCUT2D eigenvalue weighted by Crippen LogP contribution is -2.20. The zero-order valence-corrected chi connectivity index (χ0v) is 7.17. The second-order valence-corrected chi connectivity index (χ2v) is 2.56. The molecule has 0 amide bonds. The van der Waals surface area contributed by atoms with E-state index in [1.54, 1.807) is 0 Å². The zero-order chi connectivity index (χ0) is 8.69. The van der Waals surface area contributed by atoms with Gasteiger partial charge in [0.15, 0.2) is 0 Å². The van der Waals surface area contributed by atoms with E-state index in [1.165, 1.54) is 6.92 Å². The monoisotopic (exact) mass is 160 g/mol. The van der Waals surface area contributed by atoms with Crippen LogP contribution in [0.3, 0.4) is 0 Å². The number of unbranched alkanes of at least 4 members (excludes halogenated alkanes) is 1. The molecular weight excluding hydrogens is 144 g/mol. The molecule has 0 rings (SSSR count). The Bertz CT molecular complexity index is 112. The maximum atomic E-state index is 10.4. The van der Waals surface area contributed by atoms with Gasteiger partial charge in [0.05, 0.1) is 6.61 Å². The van der Waals surface area contributed by atoms with Crippen molar-refractivity contribution >= 4 is 5.97 Å². The van der Waals surface area contributed by atoms with E-state index in [0.29, 0.717) is 0 Å². The van der Waals surface area contributed by atoms with Crippen LogP contribution in [0.25, 0.3) is 0 Å². The predicted octanol–water partition coefficient (Wildman–Crippen LogP) is 1.10. The van der Waals surface area contributed by atoms with Crippen molar-refractivity contribution in [1.82, 2.24) is 0 Å². The van der Waals surface area contributed by atoms with Gasteiger partial charge in [-0.1, -0.05) is 13.3 Å². The van der Waals surface area contributed by atoms with Crippen LogP contribution in [0.5, 0.6) is 0 Å². The quantitative estimate of drug-likeness (QED) is 0.612. The maximum absolute atomic E-state index is 10.4. The molecule has 0 bridgehead atoms. The molecule has 0 heterocycles. The molecule has 11 heavy (non-hydrogen) atoms. The first-order chi connectivity index (χ1) is 5.20. The number of carbonyl (C=O) groups excluding carboxylic acids is 1. The van der Waals surface area contributed by atoms with E-state index in [9.17, 15) is 4.79 Å². The number of hydrogen-bond acceptors (Lipinski definition) is 3. The van der Waals surface area contributed by atoms with E-state index in [0.717, 1.165) is 19.3 Å². The molecule has 3 heteroatoms. The number of aliphatic hydroxyl groups is 1. The number of carbonyl (C=O) groups is 1. The van der Waals surface area contributed by atoms with Gasteiger partial charge in [0, 0.05) is 6.92 Å². The normalized spacial score (nSPS) is 12.6. The number of aliphatic hydroxyl groups excluding tert-OH is 1. The maximum Gasteiger partial charge on any atom is 0.302 e. The van der Waals surface area contributed by atoms with Crippen LogP contribution in [-0.2, 0) is 9.53 Å². The Morgan fingerprint density at radius 3 is 2.64 bits per heavy atom. The second kappa shape index (κ2) is 6.16. The summed E-state index contributed by atoms with van der Waals surface area (Å²) >= 11 is 0. The van der Waals surface area contributed by atoms with E-state index in [2.05, 4.69) is 6.92 Å². The number of esters is 1. The molecule has 1 atom stereocenters. The van der Waals surface area contributed by atoms with E-state index >= 15 is 0 Å². The molecule has 0 aliphatic heterocycles. The van der Waals surface area contributed by atoms with Gasteiger partial charge in [-0.05, 0) is 12.8 Å². The van der Waals surface area contributed by atoms with Crippen molar-refractivity contribution in [3.63, 3.8) is 0 Å². The highest BCUT2D eigenvalue weighted by Gasteiger charge is 2.08. The highest BCUT2D eigenvalue weighted by atomic mass is 16.5. The summed E-state index contributed by atoms with van der Waals surface area (Å²) in [6, 6.07) is 0. The molecule has 0 spiro atoms. The average Bonchev–Trinajstić information content (AvgIpc) is 1.97. The molecule has 0 fully saturated rings. The van der Waals surface area contributed by atoms with Gasteiger partial charge in [0.25, 0.3) is 0 Å². The third-order valence-corrected chi connectivity index (χ3v) is 1.42. The Morgan fingerprint density at radius 1 is 1.64 bits per heavy atom. The van der Waals surface area contributed by atoms with Crippen molar-refractivity contribution < 1.29 is 14.6 Å². The van der Waals surface area contributed by atoms with E-state index < -0.39 is 0 Å². The molecule has 0 aromatic heterocycles. The van der Waals surface area contributed by atoms with E-state index in [4.69, 9.17) is 9.84 Å². The molecule has 0 unspecified atom stereocenters. The van der Waals surface area contributed by atoms with Crippen molar-refractivity contribution in [2.24, 2.45) is 0 Å². The predicted molar refractivity (Wildman–Crippen MR) is 42.2 cm³/mol. The summed E-state index contributed by atoms with van der Waals surface area (Å²) in [7, 11) is 0. The fraction of sp³-hybridized carbons (Fsp3) is 0.875. The van der Waals surface area contributed by atoms with Crippen LogP contribution in [0.1, 0.15) is 33.1 Å². The first-order valence-corrected chi connectivity index (χ1v) is 3.98. The lowest BCUT2D eigenvalue weighted by atomic mass is 10.2. The van der Waals surface area contributed by atoms with Crippen molar-refractivity contribution in [3.8, 4) is 0 Å². The average molecular weight is 160 g/mol. The molecule has 0 aromatic carbocycles. The molecule has 0 saturated carbocycles. The van der Waals surface area contributed by atoms with Crippen molar-refractivity contribution in [1.29, 1.82) is 0 Å². The van der Waals surface area contributed by atoms with Crippen LogP contribution >= 0.6 is 0 Å². The van der Waals surface area contributed by atoms with Gasteiger partial charge in [0.2, 0.25) is 0 Å². The smallest absolute Gasteiger partial charge is 0.302 e. The SMILES string of the molecule is CCCC[C@@H](CO)OC(C)=O. The second-order valence-electron chi connectivity index (χ2n) is 2.56. The lowest BCUT2D eigenvalue weighted by Gasteiger charge is -2.12. The third kappa shape index (κ3) is 5.85. The van der Waals surface area contributed by atoms with E-state index in [1.807, 2.05) is 0 Å². The zero-order valence-electron chi connectivity index (χ0n) is 7.17. The first-order valence-electron chi connectivity index (χ1n) is 3.98. The van der Waals surface area contributed by atoms with Crippen LogP contribution in [-0.4, -0.2) is 23.8 Å². The van der Waals surface area contributed by atoms with Gasteiger partial charge in [-0.2, -0.15) is 0 Å². The fourth-order valence-corrected chi connectivity index (χ4v) is 0.854. The summed E-state index contributed by atoms with van der Waals surface area (Å²) in [5.41, 5.74) is 0. The molecule has 0 aliphatic rings. The Morgan fingerprint density at radius 2 is 2.27 bits per heavy atom. The lowest BCUT2D eigenvalue weighted by molar-refractivity contribution is -0.148. The molecular formula is C8H16O3. The molecule has 0 saturated heterocycles. The summed E-state index contributed by atoms with van der Waals surface area (Å²) in [5.74, 6) is -0.319. The fourth-order valence-electron chi connectivity index (χ4n) is 0.854. The Kier molecular flexibility index (Phi) is 5.84. The Balaban J connectivity index is 3.49. The molecule has 0 aliphatic carbocycles. The number of rotatable bonds is 5. The molecule has 1 N–H and O–H groups in total. The highest BCUT2D eigenvalue weighted by molar-refractivity contribution is 5.66. The number of hydrogen-bond donors (Lipinski definition) is 1. The van der Waals surface area contributed by atoms with Gasteiger partial charge in [0.1, 0.15) is 6.10 Å². The van der Waals surface area contributed by atoms with Crippen molar-refractivity contribution in [2.45, 2.75) is 39.2 Å². The van der Waals surface area contributed by atoms with Gasteiger partial charge < -0.3 is 9.84 Å². The summed E-state index contributed by atoms with van der Waals surface area (Å²) < 4.78 is 4.81. The first kappa shape index (κ1) is 10.4. The summed E-state index contributed by atoms with van der Waals surface area (Å²) in [6.07, 6.45) is 2.50. The Labute approximate surface area is 67.4 Å². The standard InChI is InChI=1S/C8H16O3/c1-3-4-5-8(6-9)11-7(2)10/h8-9H,3-6H2,1-2H3/t8-/m0/s1. The highest BCUT2D eigenvalue weighted by Crippen LogP contribution is 2.03. The van der Waals surface area contributed by atoms with Gasteiger partial charge in [-0.25, -0.2) is 0 Å². The van der Waals surface area contributed by atoms with Crippen molar-refractivity contribution in [2.75, 3.05) is 6.61 Å². The van der Waals surface area contributed by atoms with Gasteiger partial charge >= 0.3 is 5.97 Å². The van der Waals surface area contributed by atoms with Crippen LogP contribution in [0.2, 0.25) is 0 Å². The van der Waals surface area contributed by atoms with Crippen LogP contribution < -0.4 is 0 Å². The van der Waals surface area contributed by atoms with E-state index in [-0.39, 0.29) is 18.7 Å².